The van der Waals surface area contributed by atoms with Crippen molar-refractivity contribution in [3.63, 3.8) is 0 Å². The smallest absolute Gasteiger partial charge is 0.246 e. The van der Waals surface area contributed by atoms with E-state index in [0.29, 0.717) is 36.5 Å². The molecule has 0 unspecified atom stereocenters. The molecule has 1 amide bonds. The van der Waals surface area contributed by atoms with Gasteiger partial charge in [-0.1, -0.05) is 18.2 Å². The summed E-state index contributed by atoms with van der Waals surface area (Å²) in [6.45, 7) is 4.98. The molecule has 3 rings (SSSR count). The fourth-order valence-corrected chi connectivity index (χ4v) is 3.03. The maximum Gasteiger partial charge on any atom is 0.246 e. The summed E-state index contributed by atoms with van der Waals surface area (Å²) >= 11 is 6.30. The highest BCUT2D eigenvalue weighted by atomic mass is 35.5. The molecule has 1 fully saturated rings. The van der Waals surface area contributed by atoms with E-state index in [1.54, 1.807) is 30.3 Å². The lowest BCUT2D eigenvalue weighted by Gasteiger charge is -2.35. The van der Waals surface area contributed by atoms with Gasteiger partial charge < -0.3 is 14.4 Å². The third-order valence-electron chi connectivity index (χ3n) is 3.99. The van der Waals surface area contributed by atoms with Gasteiger partial charge in [0.05, 0.1) is 26.4 Å². The predicted molar refractivity (Wildman–Crippen MR) is 94.5 cm³/mol. The van der Waals surface area contributed by atoms with E-state index in [2.05, 4.69) is 16.5 Å². The van der Waals surface area contributed by atoms with E-state index in [-0.39, 0.29) is 11.9 Å². The van der Waals surface area contributed by atoms with Crippen LogP contribution >= 0.6 is 11.6 Å². The molecule has 1 aliphatic heterocycles. The maximum absolute atomic E-state index is 12.2. The molecular formula is C18H18ClN3O3. The molecule has 2 aromatic rings. The van der Waals surface area contributed by atoms with Crippen LogP contribution < -0.4 is 4.74 Å². The van der Waals surface area contributed by atoms with E-state index >= 15 is 0 Å². The molecule has 1 aliphatic rings. The van der Waals surface area contributed by atoms with Crippen LogP contribution in [0.3, 0.4) is 0 Å². The summed E-state index contributed by atoms with van der Waals surface area (Å²) < 4.78 is 10.7. The molecule has 0 spiro atoms. The van der Waals surface area contributed by atoms with Gasteiger partial charge >= 0.3 is 0 Å². The summed E-state index contributed by atoms with van der Waals surface area (Å²) in [5, 5.41) is 0.537. The van der Waals surface area contributed by atoms with Crippen LogP contribution in [0.2, 0.25) is 5.02 Å². The predicted octanol–water partition coefficient (Wildman–Crippen LogP) is 2.89. The van der Waals surface area contributed by atoms with E-state index in [1.807, 2.05) is 12.1 Å². The van der Waals surface area contributed by atoms with E-state index in [1.165, 1.54) is 6.08 Å². The van der Waals surface area contributed by atoms with Gasteiger partial charge in [0.2, 0.25) is 11.8 Å². The summed E-state index contributed by atoms with van der Waals surface area (Å²) in [5.74, 6) is 0.838. The lowest BCUT2D eigenvalue weighted by molar-refractivity contribution is -0.134. The van der Waals surface area contributed by atoms with Crippen LogP contribution in [-0.2, 0) is 9.53 Å². The molecule has 0 N–H and O–H groups in total. The fourth-order valence-electron chi connectivity index (χ4n) is 2.79. The van der Waals surface area contributed by atoms with Crippen molar-refractivity contribution in [3.05, 3.63) is 53.7 Å². The van der Waals surface area contributed by atoms with Gasteiger partial charge in [-0.2, -0.15) is 4.98 Å². The molecule has 2 heterocycles. The molecule has 1 aromatic heterocycles. The molecule has 0 saturated carbocycles. The normalized spacial score (nSPS) is 17.2. The van der Waals surface area contributed by atoms with Crippen LogP contribution in [0, 0.1) is 0 Å². The number of carbonyl (C=O) groups is 1. The Bertz CT molecular complexity index is 797. The van der Waals surface area contributed by atoms with Crippen LogP contribution in [-0.4, -0.2) is 47.6 Å². The molecule has 25 heavy (non-hydrogen) atoms. The number of hydrogen-bond donors (Lipinski definition) is 0. The minimum atomic E-state index is -0.234. The standard InChI is InChI=1S/C18H18ClN3O3/c1-3-17(23)22-6-7-25-11-15(22)12-8-13(10-14(19)9-12)18-20-5-4-16(21-18)24-2/h3-5,8-10,15H,1,6-7,11H2,2H3/t15-/m0/s1. The molecule has 0 bridgehead atoms. The number of ether oxygens (including phenoxy) is 2. The zero-order chi connectivity index (χ0) is 17.8. The Balaban J connectivity index is 2.00. The van der Waals surface area contributed by atoms with E-state index < -0.39 is 0 Å². The minimum absolute atomic E-state index is 0.132. The number of amides is 1. The number of nitrogens with zero attached hydrogens (tertiary/aromatic N) is 3. The van der Waals surface area contributed by atoms with Crippen molar-refractivity contribution < 1.29 is 14.3 Å². The Labute approximate surface area is 151 Å². The first-order valence-corrected chi connectivity index (χ1v) is 8.19. The van der Waals surface area contributed by atoms with Gasteiger partial charge in [-0.25, -0.2) is 4.98 Å². The average Bonchev–Trinajstić information content (AvgIpc) is 2.67. The van der Waals surface area contributed by atoms with E-state index in [0.717, 1.165) is 11.1 Å². The van der Waals surface area contributed by atoms with Crippen LogP contribution in [0.15, 0.2) is 43.1 Å². The molecule has 0 radical (unpaired) electrons. The number of methoxy groups -OCH3 is 1. The Morgan fingerprint density at radius 1 is 1.48 bits per heavy atom. The molecule has 7 heteroatoms. The third-order valence-corrected chi connectivity index (χ3v) is 4.21. The monoisotopic (exact) mass is 359 g/mol. The number of hydrogen-bond acceptors (Lipinski definition) is 5. The van der Waals surface area contributed by atoms with Crippen molar-refractivity contribution in [1.29, 1.82) is 0 Å². The molecule has 1 saturated heterocycles. The van der Waals surface area contributed by atoms with E-state index in [9.17, 15) is 4.79 Å². The van der Waals surface area contributed by atoms with Gasteiger partial charge in [0.1, 0.15) is 0 Å². The summed E-state index contributed by atoms with van der Waals surface area (Å²) in [6, 6.07) is 6.97. The number of halogens is 1. The van der Waals surface area contributed by atoms with E-state index in [4.69, 9.17) is 21.1 Å². The van der Waals surface area contributed by atoms with Crippen LogP contribution in [0.4, 0.5) is 0 Å². The summed E-state index contributed by atoms with van der Waals surface area (Å²) in [4.78, 5) is 22.5. The minimum Gasteiger partial charge on any atom is -0.481 e. The number of carbonyl (C=O) groups excluding carboxylic acids is 1. The second-order valence-electron chi connectivity index (χ2n) is 5.52. The van der Waals surface area contributed by atoms with Crippen molar-refractivity contribution in [2.75, 3.05) is 26.9 Å². The van der Waals surface area contributed by atoms with Crippen molar-refractivity contribution in [2.45, 2.75) is 6.04 Å². The summed E-state index contributed by atoms with van der Waals surface area (Å²) in [6.07, 6.45) is 2.94. The van der Waals surface area contributed by atoms with Gasteiger partial charge in [0, 0.05) is 29.4 Å². The second kappa shape index (κ2) is 7.63. The fraction of sp³-hybridized carbons (Fsp3) is 0.278. The summed E-state index contributed by atoms with van der Waals surface area (Å²) in [5.41, 5.74) is 1.61. The lowest BCUT2D eigenvalue weighted by atomic mass is 10.0. The highest BCUT2D eigenvalue weighted by molar-refractivity contribution is 6.31. The van der Waals surface area contributed by atoms with Gasteiger partial charge in [-0.05, 0) is 29.8 Å². The van der Waals surface area contributed by atoms with Crippen LogP contribution in [0.1, 0.15) is 11.6 Å². The Hall–Kier alpha value is -2.44. The second-order valence-corrected chi connectivity index (χ2v) is 5.96. The lowest BCUT2D eigenvalue weighted by Crippen LogP contribution is -2.42. The van der Waals surface area contributed by atoms with Crippen LogP contribution in [0.25, 0.3) is 11.4 Å². The molecule has 1 aromatic carbocycles. The average molecular weight is 360 g/mol. The van der Waals surface area contributed by atoms with Crippen molar-refractivity contribution in [2.24, 2.45) is 0 Å². The maximum atomic E-state index is 12.2. The van der Waals surface area contributed by atoms with Gasteiger partial charge in [-0.15, -0.1) is 0 Å². The van der Waals surface area contributed by atoms with Crippen LogP contribution in [0.5, 0.6) is 5.88 Å². The largest absolute Gasteiger partial charge is 0.481 e. The topological polar surface area (TPSA) is 64.6 Å². The first kappa shape index (κ1) is 17.4. The zero-order valence-electron chi connectivity index (χ0n) is 13.8. The quantitative estimate of drug-likeness (QED) is 0.785. The molecule has 130 valence electrons. The number of morpholine rings is 1. The Morgan fingerprint density at radius 3 is 3.08 bits per heavy atom. The van der Waals surface area contributed by atoms with Gasteiger partial charge in [0.15, 0.2) is 5.82 Å². The van der Waals surface area contributed by atoms with Gasteiger partial charge in [-0.3, -0.25) is 4.79 Å². The number of aromatic nitrogens is 2. The Morgan fingerprint density at radius 2 is 2.32 bits per heavy atom. The molecule has 1 atom stereocenters. The van der Waals surface area contributed by atoms with Crippen molar-refractivity contribution in [3.8, 4) is 17.3 Å². The number of rotatable bonds is 4. The first-order chi connectivity index (χ1) is 12.1. The highest BCUT2D eigenvalue weighted by Gasteiger charge is 2.28. The van der Waals surface area contributed by atoms with Crippen molar-refractivity contribution >= 4 is 17.5 Å². The molecule has 6 nitrogen and oxygen atoms in total. The highest BCUT2D eigenvalue weighted by Crippen LogP contribution is 2.31. The third kappa shape index (κ3) is 3.81. The first-order valence-electron chi connectivity index (χ1n) is 7.81. The SMILES string of the molecule is C=CC(=O)N1CCOC[C@H]1c1cc(Cl)cc(-c2nccc(OC)n2)c1. The molecule has 0 aliphatic carbocycles. The molecular weight excluding hydrogens is 342 g/mol. The number of benzene rings is 1. The summed E-state index contributed by atoms with van der Waals surface area (Å²) in [7, 11) is 1.55. The zero-order valence-corrected chi connectivity index (χ0v) is 14.6. The van der Waals surface area contributed by atoms with Crippen molar-refractivity contribution in [1.82, 2.24) is 14.9 Å². The Kier molecular flexibility index (Phi) is 5.31. The van der Waals surface area contributed by atoms with Gasteiger partial charge in [0.25, 0.3) is 0 Å².